The minimum Gasteiger partial charge on any atom is -0.369 e. The number of nitrogens with one attached hydrogen (secondary N) is 1. The minimum absolute atomic E-state index is 1.01. The molecule has 3 aromatic rings. The first-order valence-corrected chi connectivity index (χ1v) is 7.81. The fraction of sp³-hybridized carbons (Fsp3) is 0.278. The molecule has 1 saturated heterocycles. The van der Waals surface area contributed by atoms with Crippen molar-refractivity contribution >= 4 is 11.3 Å². The van der Waals surface area contributed by atoms with Gasteiger partial charge in [0.15, 0.2) is 0 Å². The first kappa shape index (κ1) is 13.3. The maximum Gasteiger partial charge on any atom is 0.139 e. The molecule has 1 aromatic carbocycles. The second-order valence-corrected chi connectivity index (χ2v) is 5.88. The lowest BCUT2D eigenvalue weighted by Gasteiger charge is -2.29. The minimum atomic E-state index is 1.01. The van der Waals surface area contributed by atoms with Gasteiger partial charge < -0.3 is 14.6 Å². The van der Waals surface area contributed by atoms with E-state index in [0.717, 1.165) is 37.5 Å². The molecule has 0 amide bonds. The Kier molecular flexibility index (Phi) is 3.31. The van der Waals surface area contributed by atoms with Gasteiger partial charge in [0.25, 0.3) is 0 Å². The summed E-state index contributed by atoms with van der Waals surface area (Å²) in [6, 6.07) is 12.9. The number of rotatable bonds is 2. The van der Waals surface area contributed by atoms with E-state index in [0.29, 0.717) is 0 Å². The second kappa shape index (κ2) is 5.46. The highest BCUT2D eigenvalue weighted by Crippen LogP contribution is 2.23. The Morgan fingerprint density at radius 3 is 2.77 bits per heavy atom. The predicted molar refractivity (Wildman–Crippen MR) is 90.4 cm³/mol. The van der Waals surface area contributed by atoms with E-state index in [9.17, 15) is 0 Å². The molecular weight excluding hydrogens is 272 g/mol. The maximum absolute atomic E-state index is 4.80. The lowest BCUT2D eigenvalue weighted by atomic mass is 10.1. The van der Waals surface area contributed by atoms with Crippen LogP contribution in [0.3, 0.4) is 0 Å². The van der Waals surface area contributed by atoms with Crippen LogP contribution in [-0.4, -0.2) is 35.6 Å². The Labute approximate surface area is 130 Å². The van der Waals surface area contributed by atoms with E-state index in [2.05, 4.69) is 70.3 Å². The maximum atomic E-state index is 4.80. The Bertz CT molecular complexity index is 800. The Morgan fingerprint density at radius 2 is 1.95 bits per heavy atom. The summed E-state index contributed by atoms with van der Waals surface area (Å²) in [6.07, 6.45) is 4.21. The van der Waals surface area contributed by atoms with Crippen molar-refractivity contribution in [2.45, 2.75) is 6.92 Å². The topological polar surface area (TPSA) is 32.6 Å². The smallest absolute Gasteiger partial charge is 0.139 e. The van der Waals surface area contributed by atoms with Gasteiger partial charge in [-0.05, 0) is 19.1 Å². The fourth-order valence-electron chi connectivity index (χ4n) is 3.03. The van der Waals surface area contributed by atoms with Gasteiger partial charge in [0.05, 0.1) is 5.69 Å². The van der Waals surface area contributed by atoms with Gasteiger partial charge in [0, 0.05) is 55.9 Å². The zero-order valence-corrected chi connectivity index (χ0v) is 12.8. The highest BCUT2D eigenvalue weighted by atomic mass is 15.2. The van der Waals surface area contributed by atoms with Crippen molar-refractivity contribution in [1.82, 2.24) is 14.7 Å². The molecule has 112 valence electrons. The molecule has 0 atom stereocenters. The molecule has 0 saturated carbocycles. The Balaban J connectivity index is 1.71. The molecule has 22 heavy (non-hydrogen) atoms. The first-order chi connectivity index (χ1) is 10.8. The Hall–Kier alpha value is -2.33. The molecule has 0 bridgehead atoms. The summed E-state index contributed by atoms with van der Waals surface area (Å²) in [7, 11) is 0. The average Bonchev–Trinajstić information content (AvgIpc) is 2.99. The summed E-state index contributed by atoms with van der Waals surface area (Å²) in [6.45, 7) is 6.33. The van der Waals surface area contributed by atoms with Gasteiger partial charge in [-0.3, -0.25) is 0 Å². The van der Waals surface area contributed by atoms with Gasteiger partial charge in [-0.15, -0.1) is 0 Å². The normalized spacial score (nSPS) is 15.4. The lowest BCUT2D eigenvalue weighted by molar-refractivity contribution is 0.589. The van der Waals surface area contributed by atoms with E-state index in [1.165, 1.54) is 16.8 Å². The highest BCUT2D eigenvalue weighted by molar-refractivity contribution is 5.66. The molecular formula is C18H20N4. The second-order valence-electron chi connectivity index (χ2n) is 5.88. The molecule has 1 aliphatic heterocycles. The van der Waals surface area contributed by atoms with Crippen LogP contribution in [0.15, 0.2) is 48.8 Å². The summed E-state index contributed by atoms with van der Waals surface area (Å²) in [5.74, 6) is 0. The Morgan fingerprint density at radius 1 is 1.09 bits per heavy atom. The zero-order valence-electron chi connectivity index (χ0n) is 12.8. The van der Waals surface area contributed by atoms with E-state index < -0.39 is 0 Å². The predicted octanol–water partition coefficient (Wildman–Crippen LogP) is 2.72. The molecule has 4 rings (SSSR count). The third-order valence-corrected chi connectivity index (χ3v) is 4.24. The lowest BCUT2D eigenvalue weighted by Crippen LogP contribution is -2.43. The van der Waals surface area contributed by atoms with Crippen molar-refractivity contribution in [3.63, 3.8) is 0 Å². The molecule has 0 spiro atoms. The zero-order chi connectivity index (χ0) is 14.9. The SMILES string of the molecule is Cc1cccc(-c2cn3ccc(N4CCNCC4)cc3n2)c1. The number of imidazole rings is 1. The number of piperazine rings is 1. The van der Waals surface area contributed by atoms with Gasteiger partial charge in [0.1, 0.15) is 5.65 Å². The molecule has 1 N–H and O–H groups in total. The fourth-order valence-corrected chi connectivity index (χ4v) is 3.03. The van der Waals surface area contributed by atoms with Gasteiger partial charge in [-0.1, -0.05) is 23.8 Å². The van der Waals surface area contributed by atoms with Crippen LogP contribution in [0, 0.1) is 6.92 Å². The molecule has 4 nitrogen and oxygen atoms in total. The summed E-state index contributed by atoms with van der Waals surface area (Å²) in [5, 5.41) is 3.39. The highest BCUT2D eigenvalue weighted by Gasteiger charge is 2.12. The largest absolute Gasteiger partial charge is 0.369 e. The van der Waals surface area contributed by atoms with Crippen molar-refractivity contribution in [1.29, 1.82) is 0 Å². The molecule has 3 heterocycles. The standard InChI is InChI=1S/C18H20N4/c1-14-3-2-4-15(11-14)17-13-22-8-5-16(12-18(22)20-17)21-9-6-19-7-10-21/h2-5,8,11-13,19H,6-7,9-10H2,1H3. The number of hydrogen-bond acceptors (Lipinski definition) is 3. The van der Waals surface area contributed by atoms with Gasteiger partial charge in [-0.2, -0.15) is 0 Å². The number of aryl methyl sites for hydroxylation is 1. The van der Waals surface area contributed by atoms with E-state index >= 15 is 0 Å². The average molecular weight is 292 g/mol. The van der Waals surface area contributed by atoms with Crippen LogP contribution in [0.2, 0.25) is 0 Å². The van der Waals surface area contributed by atoms with Crippen LogP contribution >= 0.6 is 0 Å². The molecule has 0 unspecified atom stereocenters. The molecule has 1 fully saturated rings. The monoisotopic (exact) mass is 292 g/mol. The van der Waals surface area contributed by atoms with E-state index in [1.54, 1.807) is 0 Å². The summed E-state index contributed by atoms with van der Waals surface area (Å²) >= 11 is 0. The third-order valence-electron chi connectivity index (χ3n) is 4.24. The quantitative estimate of drug-likeness (QED) is 0.788. The molecule has 0 radical (unpaired) electrons. The van der Waals surface area contributed by atoms with Crippen LogP contribution in [0.5, 0.6) is 0 Å². The van der Waals surface area contributed by atoms with Crippen LogP contribution in [0.25, 0.3) is 16.9 Å². The summed E-state index contributed by atoms with van der Waals surface area (Å²) in [5.41, 5.74) is 5.73. The number of pyridine rings is 1. The molecule has 1 aliphatic rings. The number of nitrogens with zero attached hydrogens (tertiary/aromatic N) is 3. The number of fused-ring (bicyclic) bond motifs is 1. The van der Waals surface area contributed by atoms with Gasteiger partial charge >= 0.3 is 0 Å². The number of benzene rings is 1. The van der Waals surface area contributed by atoms with Crippen molar-refractivity contribution in [2.24, 2.45) is 0 Å². The number of anilines is 1. The van der Waals surface area contributed by atoms with E-state index in [4.69, 9.17) is 4.98 Å². The third kappa shape index (κ3) is 2.46. The van der Waals surface area contributed by atoms with E-state index in [1.807, 2.05) is 0 Å². The summed E-state index contributed by atoms with van der Waals surface area (Å²) < 4.78 is 2.10. The van der Waals surface area contributed by atoms with Crippen LogP contribution < -0.4 is 10.2 Å². The van der Waals surface area contributed by atoms with Crippen molar-refractivity contribution in [3.8, 4) is 11.3 Å². The van der Waals surface area contributed by atoms with Crippen molar-refractivity contribution < 1.29 is 0 Å². The van der Waals surface area contributed by atoms with Gasteiger partial charge in [0.2, 0.25) is 0 Å². The van der Waals surface area contributed by atoms with Gasteiger partial charge in [-0.25, -0.2) is 4.98 Å². The van der Waals surface area contributed by atoms with Crippen molar-refractivity contribution in [3.05, 3.63) is 54.4 Å². The molecule has 0 aliphatic carbocycles. The van der Waals surface area contributed by atoms with Crippen LogP contribution in [-0.2, 0) is 0 Å². The number of hydrogen-bond donors (Lipinski definition) is 1. The first-order valence-electron chi connectivity index (χ1n) is 7.81. The summed E-state index contributed by atoms with van der Waals surface area (Å²) in [4.78, 5) is 7.21. The van der Waals surface area contributed by atoms with Crippen molar-refractivity contribution in [2.75, 3.05) is 31.1 Å². The molecule has 2 aromatic heterocycles. The number of aromatic nitrogens is 2. The van der Waals surface area contributed by atoms with E-state index in [-0.39, 0.29) is 0 Å². The van der Waals surface area contributed by atoms with Crippen LogP contribution in [0.1, 0.15) is 5.56 Å². The molecule has 4 heteroatoms. The van der Waals surface area contributed by atoms with Crippen LogP contribution in [0.4, 0.5) is 5.69 Å².